The lowest BCUT2D eigenvalue weighted by atomic mass is 9.90. The molecule has 2 aliphatic rings. The van der Waals surface area contributed by atoms with Crippen LogP contribution in [0.3, 0.4) is 0 Å². The molecule has 2 N–H and O–H groups in total. The molecule has 0 bridgehead atoms. The Morgan fingerprint density at radius 1 is 1.09 bits per heavy atom. The van der Waals surface area contributed by atoms with E-state index in [-0.39, 0.29) is 40.0 Å². The lowest BCUT2D eigenvalue weighted by Gasteiger charge is -2.26. The highest BCUT2D eigenvalue weighted by Crippen LogP contribution is 2.39. The van der Waals surface area contributed by atoms with E-state index in [9.17, 15) is 9.59 Å². The van der Waals surface area contributed by atoms with Gasteiger partial charge in [0.2, 0.25) is 5.91 Å². The van der Waals surface area contributed by atoms with Gasteiger partial charge in [0, 0.05) is 30.5 Å². The molecule has 34 heavy (non-hydrogen) atoms. The summed E-state index contributed by atoms with van der Waals surface area (Å²) in [7, 11) is 0. The van der Waals surface area contributed by atoms with Gasteiger partial charge in [0.25, 0.3) is 5.91 Å². The van der Waals surface area contributed by atoms with Crippen molar-refractivity contribution in [1.29, 1.82) is 0 Å². The molecule has 7 nitrogen and oxygen atoms in total. The Morgan fingerprint density at radius 2 is 1.88 bits per heavy atom. The van der Waals surface area contributed by atoms with Crippen LogP contribution >= 0.6 is 23.2 Å². The minimum atomic E-state index is -0.387. The number of morpholine rings is 1. The molecule has 0 saturated carbocycles. The maximum atomic E-state index is 13.3. The number of anilines is 1. The number of nitrogens with zero attached hydrogens (tertiary/aromatic N) is 1. The minimum absolute atomic E-state index is 0.119. The van der Waals surface area contributed by atoms with Gasteiger partial charge in [-0.1, -0.05) is 41.4 Å². The van der Waals surface area contributed by atoms with Gasteiger partial charge in [0.05, 0.1) is 47.1 Å². The molecule has 1 aromatic heterocycles. The van der Waals surface area contributed by atoms with E-state index in [2.05, 4.69) is 10.6 Å². The van der Waals surface area contributed by atoms with Crippen molar-refractivity contribution in [2.45, 2.75) is 25.3 Å². The van der Waals surface area contributed by atoms with E-state index in [1.807, 2.05) is 29.2 Å². The first-order valence-corrected chi connectivity index (χ1v) is 12.2. The van der Waals surface area contributed by atoms with Gasteiger partial charge in [0.15, 0.2) is 0 Å². The Morgan fingerprint density at radius 3 is 2.71 bits per heavy atom. The average Bonchev–Trinajstić information content (AvgIpc) is 3.21. The molecule has 0 radical (unpaired) electrons. The molecule has 1 aliphatic carbocycles. The number of benzene rings is 2. The quantitative estimate of drug-likeness (QED) is 0.523. The number of carbonyl (C=O) groups is 2. The molecular weight excluding hydrogens is 477 g/mol. The summed E-state index contributed by atoms with van der Waals surface area (Å²) in [6, 6.07) is 10.8. The highest BCUT2D eigenvalue weighted by atomic mass is 35.5. The standard InChI is InChI=1S/C25H25Cl2N3O4/c26-16-8-9-18(28-21(31)14-30-10-12-33-13-11-30)24(27)23(16)25(32)29-17-5-3-7-20-22(17)15-4-1-2-6-19(15)34-20/h1-2,4,6,8-9,17H,3,5,7,10-14H2,(H,28,31)(H,29,32). The van der Waals surface area contributed by atoms with E-state index in [0.29, 0.717) is 32.0 Å². The molecule has 3 aromatic rings. The number of para-hydroxylation sites is 1. The van der Waals surface area contributed by atoms with E-state index in [1.165, 1.54) is 0 Å². The fraction of sp³-hybridized carbons (Fsp3) is 0.360. The number of furan rings is 1. The largest absolute Gasteiger partial charge is 0.461 e. The lowest BCUT2D eigenvalue weighted by molar-refractivity contribution is -0.118. The van der Waals surface area contributed by atoms with Crippen LogP contribution in [0.5, 0.6) is 0 Å². The van der Waals surface area contributed by atoms with Crippen molar-refractivity contribution < 1.29 is 18.7 Å². The van der Waals surface area contributed by atoms with E-state index in [1.54, 1.807) is 12.1 Å². The molecule has 178 valence electrons. The van der Waals surface area contributed by atoms with Crippen LogP contribution in [0, 0.1) is 0 Å². The van der Waals surface area contributed by atoms with Crippen LogP contribution < -0.4 is 10.6 Å². The van der Waals surface area contributed by atoms with Gasteiger partial charge in [0.1, 0.15) is 11.3 Å². The molecule has 1 saturated heterocycles. The summed E-state index contributed by atoms with van der Waals surface area (Å²) in [5.41, 5.74) is 2.33. The first-order chi connectivity index (χ1) is 16.5. The fourth-order valence-electron chi connectivity index (χ4n) is 4.68. The smallest absolute Gasteiger partial charge is 0.254 e. The number of hydrogen-bond acceptors (Lipinski definition) is 5. The molecule has 5 rings (SSSR count). The molecule has 1 aliphatic heterocycles. The number of carbonyl (C=O) groups excluding carboxylic acids is 2. The third kappa shape index (κ3) is 4.66. The Balaban J connectivity index is 1.35. The van der Waals surface area contributed by atoms with Crippen molar-refractivity contribution >= 4 is 51.7 Å². The summed E-state index contributed by atoms with van der Waals surface area (Å²) in [6.45, 7) is 2.83. The van der Waals surface area contributed by atoms with Crippen LogP contribution in [0.25, 0.3) is 11.0 Å². The number of hydrogen-bond donors (Lipinski definition) is 2. The number of amides is 2. The molecule has 1 fully saturated rings. The van der Waals surface area contributed by atoms with Gasteiger partial charge < -0.3 is 19.8 Å². The van der Waals surface area contributed by atoms with Crippen LogP contribution in [-0.2, 0) is 16.0 Å². The number of halogens is 2. The van der Waals surface area contributed by atoms with Crippen molar-refractivity contribution in [3.05, 3.63) is 63.3 Å². The number of fused-ring (bicyclic) bond motifs is 3. The normalized spacial score (nSPS) is 18.5. The topological polar surface area (TPSA) is 83.8 Å². The Hall–Kier alpha value is -2.58. The summed E-state index contributed by atoms with van der Waals surface area (Å²) in [6.07, 6.45) is 2.52. The average molecular weight is 502 g/mol. The van der Waals surface area contributed by atoms with Gasteiger partial charge in [-0.25, -0.2) is 0 Å². The van der Waals surface area contributed by atoms with E-state index >= 15 is 0 Å². The molecule has 2 amide bonds. The molecule has 1 atom stereocenters. The molecule has 0 spiro atoms. The zero-order chi connectivity index (χ0) is 23.7. The zero-order valence-corrected chi connectivity index (χ0v) is 20.0. The number of ether oxygens (including phenoxy) is 1. The van der Waals surface area contributed by atoms with Crippen molar-refractivity contribution in [3.8, 4) is 0 Å². The molecule has 9 heteroatoms. The van der Waals surface area contributed by atoms with Crippen LogP contribution in [0.4, 0.5) is 5.69 Å². The third-order valence-electron chi connectivity index (χ3n) is 6.32. The van der Waals surface area contributed by atoms with Crippen LogP contribution in [0.2, 0.25) is 10.0 Å². The maximum Gasteiger partial charge on any atom is 0.254 e. The van der Waals surface area contributed by atoms with Gasteiger partial charge in [-0.05, 0) is 31.0 Å². The van der Waals surface area contributed by atoms with Gasteiger partial charge in [-0.15, -0.1) is 0 Å². The summed E-state index contributed by atoms with van der Waals surface area (Å²) in [5, 5.41) is 7.25. The Kier molecular flexibility index (Phi) is 6.79. The highest BCUT2D eigenvalue weighted by molar-refractivity contribution is 6.41. The van der Waals surface area contributed by atoms with Gasteiger partial charge in [-0.3, -0.25) is 14.5 Å². The summed E-state index contributed by atoms with van der Waals surface area (Å²) in [4.78, 5) is 27.9. The Bertz CT molecular complexity index is 1240. The zero-order valence-electron chi connectivity index (χ0n) is 18.5. The molecule has 2 aromatic carbocycles. The predicted molar refractivity (Wildman–Crippen MR) is 132 cm³/mol. The minimum Gasteiger partial charge on any atom is -0.461 e. The van der Waals surface area contributed by atoms with Gasteiger partial charge >= 0.3 is 0 Å². The fourth-order valence-corrected chi connectivity index (χ4v) is 5.27. The van der Waals surface area contributed by atoms with Gasteiger partial charge in [-0.2, -0.15) is 0 Å². The van der Waals surface area contributed by atoms with E-state index in [4.69, 9.17) is 32.4 Å². The van der Waals surface area contributed by atoms with Crippen molar-refractivity contribution in [1.82, 2.24) is 10.2 Å². The van der Waals surface area contributed by atoms with Crippen LogP contribution in [-0.4, -0.2) is 49.6 Å². The van der Waals surface area contributed by atoms with Crippen LogP contribution in [0.1, 0.15) is 40.6 Å². The first-order valence-electron chi connectivity index (χ1n) is 11.4. The molecule has 2 heterocycles. The Labute approximate surface area is 207 Å². The number of nitrogens with one attached hydrogen (secondary N) is 2. The molecule has 1 unspecified atom stereocenters. The second-order valence-electron chi connectivity index (χ2n) is 8.57. The second-order valence-corrected chi connectivity index (χ2v) is 9.36. The summed E-state index contributed by atoms with van der Waals surface area (Å²) < 4.78 is 11.3. The number of rotatable bonds is 5. The third-order valence-corrected chi connectivity index (χ3v) is 7.03. The van der Waals surface area contributed by atoms with E-state index in [0.717, 1.165) is 41.6 Å². The number of aryl methyl sites for hydroxylation is 1. The van der Waals surface area contributed by atoms with Crippen LogP contribution in [0.15, 0.2) is 40.8 Å². The second kappa shape index (κ2) is 9.96. The summed E-state index contributed by atoms with van der Waals surface area (Å²) >= 11 is 13.0. The SMILES string of the molecule is O=C(CN1CCOCC1)Nc1ccc(Cl)c(C(=O)NC2CCCc3oc4ccccc4c32)c1Cl. The summed E-state index contributed by atoms with van der Waals surface area (Å²) in [5.74, 6) is 0.306. The molecular formula is C25H25Cl2N3O4. The lowest BCUT2D eigenvalue weighted by Crippen LogP contribution is -2.41. The van der Waals surface area contributed by atoms with Crippen molar-refractivity contribution in [2.75, 3.05) is 38.2 Å². The monoisotopic (exact) mass is 501 g/mol. The van der Waals surface area contributed by atoms with Crippen molar-refractivity contribution in [2.24, 2.45) is 0 Å². The predicted octanol–water partition coefficient (Wildman–Crippen LogP) is 4.82. The first kappa shape index (κ1) is 23.2. The maximum absolute atomic E-state index is 13.3. The van der Waals surface area contributed by atoms with Crippen molar-refractivity contribution in [3.63, 3.8) is 0 Å². The highest BCUT2D eigenvalue weighted by Gasteiger charge is 2.29. The van der Waals surface area contributed by atoms with E-state index < -0.39 is 0 Å².